The van der Waals surface area contributed by atoms with Crippen molar-refractivity contribution in [2.45, 2.75) is 45.6 Å². The molecule has 1 amide bonds. The average molecular weight is 437 g/mol. The summed E-state index contributed by atoms with van der Waals surface area (Å²) >= 11 is 0. The quantitative estimate of drug-likeness (QED) is 0.458. The zero-order valence-electron chi connectivity index (χ0n) is 17.7. The number of hydrogen-bond acceptors (Lipinski definition) is 7. The van der Waals surface area contributed by atoms with Crippen molar-refractivity contribution in [2.24, 2.45) is 0 Å². The summed E-state index contributed by atoms with van der Waals surface area (Å²) in [5.74, 6) is 1.13. The number of rotatable bonds is 6. The smallest absolute Gasteiger partial charge is 0.294 e. The Hall–Kier alpha value is -3.89. The normalized spacial score (nSPS) is 13.3. The molecule has 1 aliphatic rings. The van der Waals surface area contributed by atoms with Gasteiger partial charge < -0.3 is 9.88 Å². The second-order valence-electron chi connectivity index (χ2n) is 7.66. The molecule has 0 bridgehead atoms. The van der Waals surface area contributed by atoms with Gasteiger partial charge in [0, 0.05) is 43.8 Å². The Labute approximate surface area is 183 Å². The van der Waals surface area contributed by atoms with Crippen molar-refractivity contribution < 1.29 is 9.72 Å². The molecule has 11 heteroatoms. The number of nitro groups is 1. The number of nitro benzene ring substituents is 1. The van der Waals surface area contributed by atoms with Crippen LogP contribution in [0.15, 0.2) is 35.1 Å². The van der Waals surface area contributed by atoms with E-state index < -0.39 is 16.3 Å². The monoisotopic (exact) mass is 437 g/mol. The number of hydrogen-bond donors (Lipinski definition) is 1. The second-order valence-corrected chi connectivity index (χ2v) is 7.66. The van der Waals surface area contributed by atoms with Crippen molar-refractivity contribution in [1.82, 2.24) is 29.9 Å². The molecule has 11 nitrogen and oxygen atoms in total. The number of benzene rings is 1. The maximum Gasteiger partial charge on any atom is 0.294 e. The summed E-state index contributed by atoms with van der Waals surface area (Å²) in [5, 5.41) is 26.7. The molecule has 0 saturated carbocycles. The van der Waals surface area contributed by atoms with Gasteiger partial charge in [0.1, 0.15) is 17.3 Å². The highest BCUT2D eigenvalue weighted by Crippen LogP contribution is 2.22. The number of nitrogens with one attached hydrogen (secondary N) is 1. The fraction of sp³-hybridized carbons (Fsp3) is 0.381. The third-order valence-electron chi connectivity index (χ3n) is 5.45. The van der Waals surface area contributed by atoms with Crippen molar-refractivity contribution in [3.63, 3.8) is 0 Å². The minimum Gasteiger partial charge on any atom is -0.350 e. The highest BCUT2D eigenvalue weighted by molar-refractivity contribution is 5.92. The molecule has 3 heterocycles. The Morgan fingerprint density at radius 1 is 1.22 bits per heavy atom. The molecule has 1 N–H and O–H groups in total. The van der Waals surface area contributed by atoms with Crippen LogP contribution in [0.5, 0.6) is 0 Å². The number of aromatic nitrogens is 5. The molecule has 0 unspecified atom stereocenters. The molecule has 4 rings (SSSR count). The maximum atomic E-state index is 12.7. The van der Waals surface area contributed by atoms with Gasteiger partial charge in [-0.15, -0.1) is 10.2 Å². The summed E-state index contributed by atoms with van der Waals surface area (Å²) in [6.07, 6.45) is 4.70. The standard InChI is InChI=1S/C21H23N7O4/c1-14-13-17(29)20(25-27(14)15-7-4-5-8-16(15)28(31)32)21(30)22-11-10-19-24-23-18-9-3-2-6-12-26(18)19/h4-5,7-8,13H,2-3,6,9-12H2,1H3,(H,22,30). The van der Waals surface area contributed by atoms with Gasteiger partial charge in [-0.25, -0.2) is 4.68 Å². The van der Waals surface area contributed by atoms with E-state index in [1.165, 1.54) is 28.9 Å². The Bertz CT molecular complexity index is 1230. The van der Waals surface area contributed by atoms with Crippen molar-refractivity contribution in [2.75, 3.05) is 6.54 Å². The summed E-state index contributed by atoms with van der Waals surface area (Å²) in [6, 6.07) is 7.27. The molecule has 1 aliphatic heterocycles. The number of amides is 1. The fourth-order valence-corrected chi connectivity index (χ4v) is 3.85. The first-order valence-corrected chi connectivity index (χ1v) is 10.5. The molecule has 32 heavy (non-hydrogen) atoms. The van der Waals surface area contributed by atoms with E-state index in [-0.39, 0.29) is 23.6 Å². The van der Waals surface area contributed by atoms with E-state index in [0.29, 0.717) is 12.1 Å². The van der Waals surface area contributed by atoms with Crippen molar-refractivity contribution in [3.05, 3.63) is 73.7 Å². The summed E-state index contributed by atoms with van der Waals surface area (Å²) in [6.45, 7) is 2.73. The predicted octanol–water partition coefficient (Wildman–Crippen LogP) is 1.74. The molecular formula is C21H23N7O4. The van der Waals surface area contributed by atoms with Gasteiger partial charge in [-0.1, -0.05) is 18.6 Å². The van der Waals surface area contributed by atoms with Crippen molar-refractivity contribution in [3.8, 4) is 5.69 Å². The van der Waals surface area contributed by atoms with E-state index in [1.54, 1.807) is 13.0 Å². The Kier molecular flexibility index (Phi) is 6.06. The fourth-order valence-electron chi connectivity index (χ4n) is 3.85. The van der Waals surface area contributed by atoms with Crippen LogP contribution in [0.3, 0.4) is 0 Å². The molecule has 0 aliphatic carbocycles. The highest BCUT2D eigenvalue weighted by atomic mass is 16.6. The topological polar surface area (TPSA) is 138 Å². The van der Waals surface area contributed by atoms with Gasteiger partial charge in [-0.3, -0.25) is 19.7 Å². The molecule has 0 spiro atoms. The van der Waals surface area contributed by atoms with E-state index in [4.69, 9.17) is 0 Å². The molecule has 0 saturated heterocycles. The van der Waals surface area contributed by atoms with E-state index >= 15 is 0 Å². The second kappa shape index (κ2) is 9.08. The maximum absolute atomic E-state index is 12.7. The van der Waals surface area contributed by atoms with Gasteiger partial charge in [-0.2, -0.15) is 5.10 Å². The molecule has 166 valence electrons. The molecule has 0 atom stereocenters. The van der Waals surface area contributed by atoms with Crippen LogP contribution in [-0.4, -0.2) is 41.9 Å². The summed E-state index contributed by atoms with van der Waals surface area (Å²) in [7, 11) is 0. The first-order valence-electron chi connectivity index (χ1n) is 10.5. The first-order chi connectivity index (χ1) is 15.5. The molecule has 0 fully saturated rings. The van der Waals surface area contributed by atoms with Crippen LogP contribution in [-0.2, 0) is 19.4 Å². The lowest BCUT2D eigenvalue weighted by molar-refractivity contribution is -0.384. The number of fused-ring (bicyclic) bond motifs is 1. The number of carbonyl (C=O) groups excluding carboxylic acids is 1. The summed E-state index contributed by atoms with van der Waals surface area (Å²) in [4.78, 5) is 35.9. The van der Waals surface area contributed by atoms with E-state index in [2.05, 4.69) is 25.2 Å². The Morgan fingerprint density at radius 3 is 2.84 bits per heavy atom. The lowest BCUT2D eigenvalue weighted by Gasteiger charge is -2.12. The number of aryl methyl sites for hydroxylation is 2. The van der Waals surface area contributed by atoms with E-state index in [9.17, 15) is 19.7 Å². The van der Waals surface area contributed by atoms with Gasteiger partial charge >= 0.3 is 0 Å². The minimum atomic E-state index is -0.641. The molecule has 1 aromatic carbocycles. The molecule has 3 aromatic rings. The minimum absolute atomic E-state index is 0.175. The zero-order chi connectivity index (χ0) is 22.7. The number of para-hydroxylation sites is 2. The van der Waals surface area contributed by atoms with E-state index in [0.717, 1.165) is 43.9 Å². The Morgan fingerprint density at radius 2 is 2.03 bits per heavy atom. The summed E-state index contributed by atoms with van der Waals surface area (Å²) < 4.78 is 3.34. The highest BCUT2D eigenvalue weighted by Gasteiger charge is 2.20. The van der Waals surface area contributed by atoms with E-state index in [1.807, 2.05) is 0 Å². The van der Waals surface area contributed by atoms with Crippen LogP contribution in [0.25, 0.3) is 5.69 Å². The first kappa shape index (κ1) is 21.3. The van der Waals surface area contributed by atoms with Gasteiger partial charge in [0.15, 0.2) is 5.69 Å². The SMILES string of the molecule is Cc1cc(=O)c(C(=O)NCCc2nnc3n2CCCCC3)nn1-c1ccccc1[N+](=O)[O-]. The zero-order valence-corrected chi connectivity index (χ0v) is 17.7. The van der Waals surface area contributed by atoms with Gasteiger partial charge in [0.05, 0.1) is 4.92 Å². The van der Waals surface area contributed by atoms with Crippen LogP contribution in [0.1, 0.15) is 47.1 Å². The van der Waals surface area contributed by atoms with Crippen LogP contribution in [0, 0.1) is 17.0 Å². The molecule has 0 radical (unpaired) electrons. The average Bonchev–Trinajstić information content (AvgIpc) is 2.99. The van der Waals surface area contributed by atoms with Gasteiger partial charge in [-0.05, 0) is 25.8 Å². The van der Waals surface area contributed by atoms with Crippen molar-refractivity contribution in [1.29, 1.82) is 0 Å². The van der Waals surface area contributed by atoms with Crippen molar-refractivity contribution >= 4 is 11.6 Å². The number of nitrogens with zero attached hydrogens (tertiary/aromatic N) is 6. The molecular weight excluding hydrogens is 414 g/mol. The third kappa shape index (κ3) is 4.27. The third-order valence-corrected chi connectivity index (χ3v) is 5.45. The number of carbonyl (C=O) groups is 1. The van der Waals surface area contributed by atoms with Crippen LogP contribution < -0.4 is 10.7 Å². The van der Waals surface area contributed by atoms with Crippen LogP contribution in [0.2, 0.25) is 0 Å². The Balaban J connectivity index is 1.52. The predicted molar refractivity (Wildman–Crippen MR) is 115 cm³/mol. The molecule has 2 aromatic heterocycles. The van der Waals surface area contributed by atoms with Gasteiger partial charge in [0.2, 0.25) is 5.43 Å². The largest absolute Gasteiger partial charge is 0.350 e. The van der Waals surface area contributed by atoms with Crippen LogP contribution in [0.4, 0.5) is 5.69 Å². The lowest BCUT2D eigenvalue weighted by atomic mass is 10.2. The summed E-state index contributed by atoms with van der Waals surface area (Å²) in [5.41, 5.74) is -0.493. The van der Waals surface area contributed by atoms with Gasteiger partial charge in [0.25, 0.3) is 11.6 Å². The van der Waals surface area contributed by atoms with Crippen LogP contribution >= 0.6 is 0 Å². The lowest BCUT2D eigenvalue weighted by Crippen LogP contribution is -2.33.